The smallest absolute Gasteiger partial charge is 0.243 e. The SMILES string of the molecule is CC1(C)[C@@H]2[C@@H](C(=O)N[C@@H](C[C@@H]3CCNC3=O)C(N)=O)N(C(=O)[C@@H](N)CN=CC=CN)C[C@@H]21. The summed E-state index contributed by atoms with van der Waals surface area (Å²) in [4.78, 5) is 55.7. The first-order valence-electron chi connectivity index (χ1n) is 10.9. The molecule has 4 amide bonds. The molecule has 0 spiro atoms. The van der Waals surface area contributed by atoms with Gasteiger partial charge >= 0.3 is 0 Å². The van der Waals surface area contributed by atoms with Crippen LogP contribution in [0.1, 0.15) is 26.7 Å². The molecule has 1 aliphatic carbocycles. The molecule has 0 aromatic rings. The van der Waals surface area contributed by atoms with E-state index in [2.05, 4.69) is 29.5 Å². The summed E-state index contributed by atoms with van der Waals surface area (Å²) >= 11 is 0. The highest BCUT2D eigenvalue weighted by Crippen LogP contribution is 2.64. The molecule has 2 aliphatic heterocycles. The van der Waals surface area contributed by atoms with E-state index in [1.165, 1.54) is 23.4 Å². The molecule has 32 heavy (non-hydrogen) atoms. The van der Waals surface area contributed by atoms with Crippen molar-refractivity contribution in [2.24, 2.45) is 45.4 Å². The number of nitrogens with two attached hydrogens (primary N) is 3. The molecule has 176 valence electrons. The fourth-order valence-electron chi connectivity index (χ4n) is 5.05. The van der Waals surface area contributed by atoms with Crippen LogP contribution >= 0.6 is 0 Å². The molecular weight excluding hydrogens is 414 g/mol. The van der Waals surface area contributed by atoms with E-state index in [-0.39, 0.29) is 47.9 Å². The zero-order valence-electron chi connectivity index (χ0n) is 18.5. The maximum atomic E-state index is 13.3. The van der Waals surface area contributed by atoms with Gasteiger partial charge in [-0.3, -0.25) is 24.2 Å². The van der Waals surface area contributed by atoms with Crippen LogP contribution in [0, 0.1) is 23.2 Å². The van der Waals surface area contributed by atoms with Crippen LogP contribution < -0.4 is 27.8 Å². The summed E-state index contributed by atoms with van der Waals surface area (Å²) in [5.74, 6) is -1.92. The third-order valence-corrected chi connectivity index (χ3v) is 7.03. The van der Waals surface area contributed by atoms with Crippen molar-refractivity contribution in [3.05, 3.63) is 12.3 Å². The molecule has 11 heteroatoms. The predicted molar refractivity (Wildman–Crippen MR) is 118 cm³/mol. The highest BCUT2D eigenvalue weighted by atomic mass is 16.2. The monoisotopic (exact) mass is 447 g/mol. The lowest BCUT2D eigenvalue weighted by Crippen LogP contribution is -2.57. The van der Waals surface area contributed by atoms with Crippen molar-refractivity contribution in [1.82, 2.24) is 15.5 Å². The molecule has 0 aromatic heterocycles. The molecule has 2 saturated heterocycles. The number of carbonyl (C=O) groups excluding carboxylic acids is 4. The van der Waals surface area contributed by atoms with Gasteiger partial charge in [0.2, 0.25) is 23.6 Å². The first kappa shape index (κ1) is 23.7. The maximum Gasteiger partial charge on any atom is 0.243 e. The first-order valence-corrected chi connectivity index (χ1v) is 10.9. The maximum absolute atomic E-state index is 13.3. The van der Waals surface area contributed by atoms with Crippen LogP contribution in [0.3, 0.4) is 0 Å². The molecule has 3 rings (SSSR count). The predicted octanol–water partition coefficient (Wildman–Crippen LogP) is -2.16. The largest absolute Gasteiger partial charge is 0.405 e. The standard InChI is InChI=1S/C21H33N7O4/c1-21(2)12-10-28(20(32)13(23)9-25-6-3-5-22)16(15(12)21)19(31)27-14(17(24)29)8-11-4-7-26-18(11)30/h3,5-6,11-16H,4,7-10,22-23H2,1-2H3,(H2,24,29)(H,26,30)(H,27,31)/t11-,12-,13-,14-,15-,16-/m0/s1. The Morgan fingerprint density at radius 1 is 1.38 bits per heavy atom. The van der Waals surface area contributed by atoms with Gasteiger partial charge in [-0.05, 0) is 42.4 Å². The van der Waals surface area contributed by atoms with Crippen molar-refractivity contribution in [3.63, 3.8) is 0 Å². The second-order valence-electron chi connectivity index (χ2n) is 9.37. The zero-order chi connectivity index (χ0) is 23.6. The van der Waals surface area contributed by atoms with Gasteiger partial charge in [0.1, 0.15) is 18.1 Å². The fourth-order valence-corrected chi connectivity index (χ4v) is 5.05. The molecular formula is C21H33N7O4. The number of hydrogen-bond acceptors (Lipinski definition) is 7. The normalized spacial score (nSPS) is 30.2. The highest BCUT2D eigenvalue weighted by Gasteiger charge is 2.69. The van der Waals surface area contributed by atoms with Gasteiger partial charge in [-0.2, -0.15) is 0 Å². The lowest BCUT2D eigenvalue weighted by atomic mass is 9.96. The van der Waals surface area contributed by atoms with Crippen molar-refractivity contribution in [1.29, 1.82) is 0 Å². The van der Waals surface area contributed by atoms with E-state index in [9.17, 15) is 19.2 Å². The molecule has 11 nitrogen and oxygen atoms in total. The molecule has 0 bridgehead atoms. The molecule has 0 aromatic carbocycles. The minimum absolute atomic E-state index is 0.0365. The summed E-state index contributed by atoms with van der Waals surface area (Å²) in [5.41, 5.74) is 16.7. The number of allylic oxidation sites excluding steroid dienone is 1. The average molecular weight is 448 g/mol. The van der Waals surface area contributed by atoms with E-state index < -0.39 is 29.9 Å². The quantitative estimate of drug-likeness (QED) is 0.250. The number of aliphatic imine (C=N–C) groups is 1. The Hall–Kier alpha value is -2.95. The minimum Gasteiger partial charge on any atom is -0.405 e. The zero-order valence-corrected chi connectivity index (χ0v) is 18.5. The van der Waals surface area contributed by atoms with E-state index in [4.69, 9.17) is 17.2 Å². The third kappa shape index (κ3) is 4.62. The molecule has 6 atom stereocenters. The third-order valence-electron chi connectivity index (χ3n) is 7.03. The topological polar surface area (TPSA) is 186 Å². The highest BCUT2D eigenvalue weighted by molar-refractivity contribution is 5.94. The molecule has 0 unspecified atom stereocenters. The summed E-state index contributed by atoms with van der Waals surface area (Å²) in [6.45, 7) is 5.13. The second kappa shape index (κ2) is 9.27. The molecule has 3 fully saturated rings. The van der Waals surface area contributed by atoms with Gasteiger partial charge in [-0.25, -0.2) is 0 Å². The van der Waals surface area contributed by atoms with E-state index in [0.717, 1.165) is 0 Å². The van der Waals surface area contributed by atoms with Gasteiger partial charge in [0.05, 0.1) is 6.54 Å². The van der Waals surface area contributed by atoms with Gasteiger partial charge in [0.25, 0.3) is 0 Å². The lowest BCUT2D eigenvalue weighted by molar-refractivity contribution is -0.142. The molecule has 8 N–H and O–H groups in total. The summed E-state index contributed by atoms with van der Waals surface area (Å²) in [5, 5.41) is 5.42. The number of hydrogen-bond donors (Lipinski definition) is 5. The number of nitrogens with zero attached hydrogens (tertiary/aromatic N) is 2. The first-order chi connectivity index (χ1) is 15.1. The fraction of sp³-hybridized carbons (Fsp3) is 0.667. The molecule has 0 radical (unpaired) electrons. The minimum atomic E-state index is -0.990. The van der Waals surface area contributed by atoms with Crippen molar-refractivity contribution < 1.29 is 19.2 Å². The Morgan fingerprint density at radius 2 is 2.09 bits per heavy atom. The van der Waals surface area contributed by atoms with Crippen LogP contribution in [0.15, 0.2) is 17.3 Å². The molecule has 2 heterocycles. The van der Waals surface area contributed by atoms with Crippen molar-refractivity contribution in [2.45, 2.75) is 44.8 Å². The summed E-state index contributed by atoms with van der Waals surface area (Å²) in [6.07, 6.45) is 5.01. The van der Waals surface area contributed by atoms with Crippen molar-refractivity contribution in [3.8, 4) is 0 Å². The Morgan fingerprint density at radius 3 is 2.69 bits per heavy atom. The van der Waals surface area contributed by atoms with E-state index >= 15 is 0 Å². The summed E-state index contributed by atoms with van der Waals surface area (Å²) in [7, 11) is 0. The number of piperidine rings is 1. The number of rotatable bonds is 9. The molecule has 3 aliphatic rings. The van der Waals surface area contributed by atoms with E-state index in [1.807, 2.05) is 0 Å². The van der Waals surface area contributed by atoms with Crippen LogP contribution in [0.4, 0.5) is 0 Å². The van der Waals surface area contributed by atoms with E-state index in [0.29, 0.717) is 19.5 Å². The number of fused-ring (bicyclic) bond motifs is 1. The Kier molecular flexibility index (Phi) is 6.87. The van der Waals surface area contributed by atoms with Gasteiger partial charge in [-0.15, -0.1) is 0 Å². The van der Waals surface area contributed by atoms with Crippen LogP contribution in [-0.2, 0) is 19.2 Å². The van der Waals surface area contributed by atoms with Gasteiger partial charge in [-0.1, -0.05) is 13.8 Å². The summed E-state index contributed by atoms with van der Waals surface area (Å²) < 4.78 is 0. The average Bonchev–Trinajstić information content (AvgIpc) is 3.11. The van der Waals surface area contributed by atoms with Crippen molar-refractivity contribution >= 4 is 29.8 Å². The number of nitrogens with one attached hydrogen (secondary N) is 2. The van der Waals surface area contributed by atoms with Crippen molar-refractivity contribution in [2.75, 3.05) is 19.6 Å². The Bertz CT molecular complexity index is 840. The lowest BCUT2D eigenvalue weighted by Gasteiger charge is -2.32. The number of primary amides is 1. The van der Waals surface area contributed by atoms with Crippen LogP contribution in [0.2, 0.25) is 0 Å². The Balaban J connectivity index is 1.71. The van der Waals surface area contributed by atoms with Gasteiger partial charge < -0.3 is 32.7 Å². The van der Waals surface area contributed by atoms with Crippen LogP contribution in [0.25, 0.3) is 0 Å². The Labute approximate surface area is 187 Å². The number of carbonyl (C=O) groups is 4. The number of likely N-dealkylation sites (tertiary alicyclic amines) is 1. The van der Waals surface area contributed by atoms with Crippen LogP contribution in [0.5, 0.6) is 0 Å². The van der Waals surface area contributed by atoms with Gasteiger partial charge in [0.15, 0.2) is 0 Å². The van der Waals surface area contributed by atoms with E-state index in [1.54, 1.807) is 0 Å². The summed E-state index contributed by atoms with van der Waals surface area (Å²) in [6, 6.07) is -2.64. The second-order valence-corrected chi connectivity index (χ2v) is 9.37. The van der Waals surface area contributed by atoms with Gasteiger partial charge in [0, 0.05) is 25.2 Å². The molecule has 1 saturated carbocycles. The van der Waals surface area contributed by atoms with Crippen LogP contribution in [-0.4, -0.2) is 72.5 Å². The number of amides is 4.